The molecule has 0 aliphatic rings. The number of aromatic amines is 1. The fraction of sp³-hybridized carbons (Fsp3) is 0.235. The van der Waals surface area contributed by atoms with Gasteiger partial charge in [-0.1, -0.05) is 12.1 Å². The lowest BCUT2D eigenvalue weighted by Crippen LogP contribution is -2.28. The molecular formula is C17H17N3O3S. The highest BCUT2D eigenvalue weighted by Gasteiger charge is 2.17. The van der Waals surface area contributed by atoms with Crippen LogP contribution in [0.5, 0.6) is 5.75 Å². The van der Waals surface area contributed by atoms with Crippen LogP contribution < -0.4 is 10.3 Å². The lowest BCUT2D eigenvalue weighted by atomic mass is 10.1. The van der Waals surface area contributed by atoms with E-state index in [4.69, 9.17) is 4.74 Å². The van der Waals surface area contributed by atoms with Crippen LogP contribution in [-0.4, -0.2) is 34.4 Å². The van der Waals surface area contributed by atoms with Gasteiger partial charge in [0.25, 0.3) is 11.5 Å². The Hall–Kier alpha value is -2.67. The molecule has 0 fully saturated rings. The number of amides is 1. The van der Waals surface area contributed by atoms with Gasteiger partial charge >= 0.3 is 0 Å². The van der Waals surface area contributed by atoms with Gasteiger partial charge in [0.2, 0.25) is 0 Å². The second-order valence-corrected chi connectivity index (χ2v) is 6.15. The van der Waals surface area contributed by atoms with Crippen molar-refractivity contribution in [3.05, 3.63) is 57.5 Å². The maximum atomic E-state index is 12.7. The number of rotatable bonds is 5. The summed E-state index contributed by atoms with van der Waals surface area (Å²) in [5, 5.41) is 1.82. The number of ether oxygens (including phenoxy) is 1. The summed E-state index contributed by atoms with van der Waals surface area (Å²) in [6, 6.07) is 8.90. The minimum atomic E-state index is -0.188. The summed E-state index contributed by atoms with van der Waals surface area (Å²) >= 11 is 1.35. The van der Waals surface area contributed by atoms with E-state index in [1.807, 2.05) is 18.4 Å². The number of carbonyl (C=O) groups excluding carboxylic acids is 1. The van der Waals surface area contributed by atoms with Crippen molar-refractivity contribution < 1.29 is 9.53 Å². The first kappa shape index (κ1) is 16.2. The number of hydrogen-bond acceptors (Lipinski definition) is 5. The molecule has 3 rings (SSSR count). The lowest BCUT2D eigenvalue weighted by Gasteiger charge is -2.18. The van der Waals surface area contributed by atoms with E-state index in [0.717, 1.165) is 0 Å². The average Bonchev–Trinajstić information content (AvgIpc) is 3.04. The van der Waals surface area contributed by atoms with E-state index in [1.54, 1.807) is 31.3 Å². The Balaban J connectivity index is 1.84. The Kier molecular flexibility index (Phi) is 4.61. The maximum absolute atomic E-state index is 12.7. The standard InChI is InChI=1S/C17H17N3O3S/c1-3-23-13-7-5-4-6-11(13)17(22)20(2)10-14-18-12-8-9-24-15(12)16(21)19-14/h4-9H,3,10H2,1-2H3,(H,18,19,21). The van der Waals surface area contributed by atoms with Gasteiger partial charge in [0.05, 0.1) is 24.2 Å². The Morgan fingerprint density at radius 3 is 2.92 bits per heavy atom. The summed E-state index contributed by atoms with van der Waals surface area (Å²) in [5.41, 5.74) is 0.954. The van der Waals surface area contributed by atoms with E-state index in [-0.39, 0.29) is 18.0 Å². The number of nitrogens with one attached hydrogen (secondary N) is 1. The zero-order chi connectivity index (χ0) is 17.1. The second kappa shape index (κ2) is 6.84. The van der Waals surface area contributed by atoms with E-state index >= 15 is 0 Å². The molecule has 1 aromatic carbocycles. The summed E-state index contributed by atoms with van der Waals surface area (Å²) < 4.78 is 6.10. The fourth-order valence-corrected chi connectivity index (χ4v) is 3.15. The predicted molar refractivity (Wildman–Crippen MR) is 93.6 cm³/mol. The summed E-state index contributed by atoms with van der Waals surface area (Å²) in [5.74, 6) is 0.814. The number of fused-ring (bicyclic) bond motifs is 1. The molecule has 0 saturated heterocycles. The Bertz CT molecular complexity index is 932. The van der Waals surface area contributed by atoms with Gasteiger partial charge in [-0.05, 0) is 30.5 Å². The Labute approximate surface area is 142 Å². The van der Waals surface area contributed by atoms with Crippen LogP contribution in [0.4, 0.5) is 0 Å². The van der Waals surface area contributed by atoms with Crippen LogP contribution in [0.25, 0.3) is 10.2 Å². The molecule has 2 heterocycles. The van der Waals surface area contributed by atoms with E-state index in [1.165, 1.54) is 16.2 Å². The predicted octanol–water partition coefficient (Wildman–Crippen LogP) is 2.66. The molecule has 6 nitrogen and oxygen atoms in total. The van der Waals surface area contributed by atoms with Crippen LogP contribution in [0, 0.1) is 0 Å². The Morgan fingerprint density at radius 2 is 2.12 bits per heavy atom. The average molecular weight is 343 g/mol. The minimum Gasteiger partial charge on any atom is -0.493 e. The Morgan fingerprint density at radius 1 is 1.33 bits per heavy atom. The van der Waals surface area contributed by atoms with Gasteiger partial charge in [0.1, 0.15) is 16.3 Å². The summed E-state index contributed by atoms with van der Waals surface area (Å²) in [7, 11) is 1.67. The normalized spacial score (nSPS) is 10.8. The van der Waals surface area contributed by atoms with Crippen molar-refractivity contribution in [3.8, 4) is 5.75 Å². The summed E-state index contributed by atoms with van der Waals surface area (Å²) in [4.78, 5) is 33.3. The van der Waals surface area contributed by atoms with Crippen LogP contribution in [-0.2, 0) is 6.54 Å². The molecule has 124 valence electrons. The molecular weight excluding hydrogens is 326 g/mol. The first-order valence-corrected chi connectivity index (χ1v) is 8.41. The van der Waals surface area contributed by atoms with Crippen LogP contribution in [0.3, 0.4) is 0 Å². The molecule has 0 spiro atoms. The zero-order valence-electron chi connectivity index (χ0n) is 13.4. The highest BCUT2D eigenvalue weighted by atomic mass is 32.1. The molecule has 0 radical (unpaired) electrons. The zero-order valence-corrected chi connectivity index (χ0v) is 14.2. The topological polar surface area (TPSA) is 75.3 Å². The van der Waals surface area contributed by atoms with Crippen molar-refractivity contribution >= 4 is 27.5 Å². The van der Waals surface area contributed by atoms with Crippen molar-refractivity contribution in [2.45, 2.75) is 13.5 Å². The third kappa shape index (κ3) is 3.16. The van der Waals surface area contributed by atoms with Crippen molar-refractivity contribution in [1.82, 2.24) is 14.9 Å². The van der Waals surface area contributed by atoms with Crippen molar-refractivity contribution in [2.75, 3.05) is 13.7 Å². The van der Waals surface area contributed by atoms with Crippen LogP contribution in [0.2, 0.25) is 0 Å². The summed E-state index contributed by atoms with van der Waals surface area (Å²) in [6.45, 7) is 2.56. The van der Waals surface area contributed by atoms with E-state index in [0.29, 0.717) is 34.0 Å². The van der Waals surface area contributed by atoms with Crippen molar-refractivity contribution in [3.63, 3.8) is 0 Å². The third-order valence-corrected chi connectivity index (χ3v) is 4.42. The highest BCUT2D eigenvalue weighted by Crippen LogP contribution is 2.20. The number of hydrogen-bond donors (Lipinski definition) is 1. The molecule has 0 aliphatic carbocycles. The molecule has 24 heavy (non-hydrogen) atoms. The second-order valence-electron chi connectivity index (χ2n) is 5.24. The SMILES string of the molecule is CCOc1ccccc1C(=O)N(C)Cc1nc2ccsc2c(=O)[nH]1. The lowest BCUT2D eigenvalue weighted by molar-refractivity contribution is 0.0777. The number of H-pyrrole nitrogens is 1. The maximum Gasteiger partial charge on any atom is 0.268 e. The largest absolute Gasteiger partial charge is 0.493 e. The molecule has 1 amide bonds. The number of benzene rings is 1. The molecule has 1 N–H and O–H groups in total. The van der Waals surface area contributed by atoms with E-state index in [9.17, 15) is 9.59 Å². The minimum absolute atomic E-state index is 0.180. The molecule has 2 aromatic heterocycles. The van der Waals surface area contributed by atoms with E-state index < -0.39 is 0 Å². The van der Waals surface area contributed by atoms with Gasteiger partial charge in [-0.2, -0.15) is 0 Å². The highest BCUT2D eigenvalue weighted by molar-refractivity contribution is 7.17. The van der Waals surface area contributed by atoms with Crippen LogP contribution in [0.15, 0.2) is 40.5 Å². The van der Waals surface area contributed by atoms with Gasteiger partial charge in [0.15, 0.2) is 0 Å². The molecule has 0 saturated carbocycles. The van der Waals surface area contributed by atoms with Gasteiger partial charge in [-0.15, -0.1) is 11.3 Å². The number of thiophene rings is 1. The molecule has 0 aliphatic heterocycles. The molecule has 0 atom stereocenters. The molecule has 3 aromatic rings. The van der Waals surface area contributed by atoms with Crippen LogP contribution in [0.1, 0.15) is 23.1 Å². The van der Waals surface area contributed by atoms with Gasteiger partial charge < -0.3 is 14.6 Å². The quantitative estimate of drug-likeness (QED) is 0.773. The van der Waals surface area contributed by atoms with Crippen molar-refractivity contribution in [1.29, 1.82) is 0 Å². The number of nitrogens with zero attached hydrogens (tertiary/aromatic N) is 2. The smallest absolute Gasteiger partial charge is 0.268 e. The van der Waals surface area contributed by atoms with Crippen LogP contribution >= 0.6 is 11.3 Å². The van der Waals surface area contributed by atoms with E-state index in [2.05, 4.69) is 9.97 Å². The number of aromatic nitrogens is 2. The fourth-order valence-electron chi connectivity index (χ4n) is 2.42. The monoisotopic (exact) mass is 343 g/mol. The third-order valence-electron chi connectivity index (χ3n) is 3.51. The number of carbonyl (C=O) groups is 1. The first-order chi connectivity index (χ1) is 11.6. The number of para-hydroxylation sites is 1. The van der Waals surface area contributed by atoms with Gasteiger partial charge in [-0.25, -0.2) is 4.98 Å². The summed E-state index contributed by atoms with van der Waals surface area (Å²) in [6.07, 6.45) is 0. The molecule has 7 heteroatoms. The van der Waals surface area contributed by atoms with Gasteiger partial charge in [0, 0.05) is 7.05 Å². The first-order valence-electron chi connectivity index (χ1n) is 7.54. The van der Waals surface area contributed by atoms with Crippen molar-refractivity contribution in [2.24, 2.45) is 0 Å². The van der Waals surface area contributed by atoms with Gasteiger partial charge in [-0.3, -0.25) is 9.59 Å². The molecule has 0 unspecified atom stereocenters. The molecule has 0 bridgehead atoms.